The van der Waals surface area contributed by atoms with E-state index in [0.29, 0.717) is 0 Å². The van der Waals surface area contributed by atoms with Crippen molar-refractivity contribution in [2.45, 2.75) is 45.6 Å². The highest BCUT2D eigenvalue weighted by Gasteiger charge is 2.19. The van der Waals surface area contributed by atoms with E-state index in [1.54, 1.807) is 0 Å². The van der Waals surface area contributed by atoms with Crippen molar-refractivity contribution >= 4 is 17.7 Å². The summed E-state index contributed by atoms with van der Waals surface area (Å²) in [5.41, 5.74) is 0. The molecule has 2 N–H and O–H groups in total. The van der Waals surface area contributed by atoms with Gasteiger partial charge < -0.3 is 10.6 Å². The maximum absolute atomic E-state index is 4.69. The summed E-state index contributed by atoms with van der Waals surface area (Å²) in [5, 5.41) is 6.70. The van der Waals surface area contributed by atoms with E-state index in [-0.39, 0.29) is 0 Å². The normalized spacial score (nSPS) is 20.9. The van der Waals surface area contributed by atoms with Crippen LogP contribution < -0.4 is 10.6 Å². The molecule has 0 spiro atoms. The molecule has 1 aliphatic rings. The van der Waals surface area contributed by atoms with Crippen LogP contribution >= 0.6 is 11.8 Å². The fraction of sp³-hybridized carbons (Fsp3) is 0.933. The van der Waals surface area contributed by atoms with Gasteiger partial charge in [-0.3, -0.25) is 9.89 Å². The van der Waals surface area contributed by atoms with E-state index in [1.807, 2.05) is 11.8 Å². The number of hydrogen-bond donors (Lipinski definition) is 2. The number of rotatable bonds is 8. The molecule has 1 aliphatic heterocycles. The summed E-state index contributed by atoms with van der Waals surface area (Å²) in [6, 6.07) is 0.783. The van der Waals surface area contributed by atoms with E-state index in [2.05, 4.69) is 35.6 Å². The van der Waals surface area contributed by atoms with Crippen LogP contribution in [-0.2, 0) is 0 Å². The number of thioether (sulfide) groups is 1. The van der Waals surface area contributed by atoms with Gasteiger partial charge in [0.1, 0.15) is 0 Å². The van der Waals surface area contributed by atoms with Crippen molar-refractivity contribution in [3.63, 3.8) is 0 Å². The third kappa shape index (κ3) is 6.84. The monoisotopic (exact) mass is 300 g/mol. The molecule has 0 amide bonds. The number of nitrogens with one attached hydrogen (secondary N) is 2. The molecule has 0 saturated carbocycles. The summed E-state index contributed by atoms with van der Waals surface area (Å²) < 4.78 is 0. The zero-order valence-electron chi connectivity index (χ0n) is 13.5. The highest BCUT2D eigenvalue weighted by Crippen LogP contribution is 2.18. The second kappa shape index (κ2) is 11.3. The predicted molar refractivity (Wildman–Crippen MR) is 91.9 cm³/mol. The van der Waals surface area contributed by atoms with E-state index < -0.39 is 0 Å². The minimum atomic E-state index is 0.783. The van der Waals surface area contributed by atoms with Crippen molar-refractivity contribution in [1.29, 1.82) is 0 Å². The van der Waals surface area contributed by atoms with Gasteiger partial charge in [0.05, 0.1) is 6.54 Å². The van der Waals surface area contributed by atoms with Crippen LogP contribution in [0, 0.1) is 0 Å². The Kier molecular flexibility index (Phi) is 9.93. The van der Waals surface area contributed by atoms with Crippen LogP contribution in [0.3, 0.4) is 0 Å². The first-order valence-electron chi connectivity index (χ1n) is 8.07. The fourth-order valence-electron chi connectivity index (χ4n) is 2.72. The molecule has 0 aliphatic carbocycles. The quantitative estimate of drug-likeness (QED) is 0.409. The summed E-state index contributed by atoms with van der Waals surface area (Å²) in [7, 11) is 0. The lowest BCUT2D eigenvalue weighted by molar-refractivity contribution is 0.148. The van der Waals surface area contributed by atoms with E-state index in [0.717, 1.165) is 43.9 Å². The number of nitrogens with zero attached hydrogens (tertiary/aromatic N) is 2. The zero-order chi connectivity index (χ0) is 14.6. The van der Waals surface area contributed by atoms with Gasteiger partial charge in [0.15, 0.2) is 5.96 Å². The Morgan fingerprint density at radius 1 is 1.30 bits per heavy atom. The summed E-state index contributed by atoms with van der Waals surface area (Å²) >= 11 is 1.86. The number of hydrogen-bond acceptors (Lipinski definition) is 3. The first-order valence-corrected chi connectivity index (χ1v) is 9.46. The highest BCUT2D eigenvalue weighted by atomic mass is 32.2. The summed E-state index contributed by atoms with van der Waals surface area (Å²) in [4.78, 5) is 7.32. The molecule has 1 heterocycles. The van der Waals surface area contributed by atoms with Crippen LogP contribution in [0.4, 0.5) is 0 Å². The summed E-state index contributed by atoms with van der Waals surface area (Å²) in [5.74, 6) is 2.08. The average molecular weight is 301 g/mol. The third-order valence-corrected chi connectivity index (χ3v) is 4.43. The molecule has 0 radical (unpaired) electrons. The van der Waals surface area contributed by atoms with Gasteiger partial charge in [-0.1, -0.05) is 13.3 Å². The number of piperidine rings is 1. The fourth-order valence-corrected chi connectivity index (χ4v) is 3.03. The lowest BCUT2D eigenvalue weighted by Crippen LogP contribution is -2.42. The largest absolute Gasteiger partial charge is 0.357 e. The maximum atomic E-state index is 4.69. The van der Waals surface area contributed by atoms with Crippen LogP contribution in [0.1, 0.15) is 39.5 Å². The van der Waals surface area contributed by atoms with Crippen LogP contribution in [0.5, 0.6) is 0 Å². The van der Waals surface area contributed by atoms with E-state index in [1.165, 1.54) is 32.2 Å². The Morgan fingerprint density at radius 2 is 2.15 bits per heavy atom. The second-order valence-electron chi connectivity index (χ2n) is 5.27. The van der Waals surface area contributed by atoms with Crippen LogP contribution in [0.25, 0.3) is 0 Å². The molecule has 0 bridgehead atoms. The number of aliphatic imine (C=N–C) groups is 1. The number of guanidine groups is 1. The van der Waals surface area contributed by atoms with Crippen LogP contribution in [-0.4, -0.2) is 61.6 Å². The molecule has 1 unspecified atom stereocenters. The Balaban J connectivity index is 2.33. The lowest BCUT2D eigenvalue weighted by atomic mass is 10.0. The van der Waals surface area contributed by atoms with Crippen LogP contribution in [0.2, 0.25) is 0 Å². The third-order valence-electron chi connectivity index (χ3n) is 3.82. The molecule has 1 atom stereocenters. The molecule has 1 rings (SSSR count). The van der Waals surface area contributed by atoms with Crippen molar-refractivity contribution in [1.82, 2.24) is 15.5 Å². The van der Waals surface area contributed by atoms with Gasteiger partial charge in [-0.2, -0.15) is 11.8 Å². The maximum Gasteiger partial charge on any atom is 0.191 e. The standard InChI is InChI=1S/C15H32N4S/c1-4-14-8-6-7-11-19(14)12-9-17-15(16-5-2)18-10-13-20-3/h14H,4-13H2,1-3H3,(H2,16,17,18). The minimum Gasteiger partial charge on any atom is -0.357 e. The first kappa shape index (κ1) is 17.6. The van der Waals surface area contributed by atoms with E-state index in [9.17, 15) is 0 Å². The molecule has 4 nitrogen and oxygen atoms in total. The minimum absolute atomic E-state index is 0.783. The molecule has 20 heavy (non-hydrogen) atoms. The topological polar surface area (TPSA) is 39.7 Å². The molecular weight excluding hydrogens is 268 g/mol. The SMILES string of the molecule is CCNC(=NCCN1CCCCC1CC)NCCSC. The van der Waals surface area contributed by atoms with E-state index in [4.69, 9.17) is 4.99 Å². The Hall–Kier alpha value is -0.420. The van der Waals surface area contributed by atoms with Gasteiger partial charge in [-0.05, 0) is 39.0 Å². The van der Waals surface area contributed by atoms with Crippen LogP contribution in [0.15, 0.2) is 4.99 Å². The van der Waals surface area contributed by atoms with Gasteiger partial charge in [-0.15, -0.1) is 0 Å². The Labute approximate surface area is 129 Å². The molecule has 5 heteroatoms. The molecule has 1 fully saturated rings. The summed E-state index contributed by atoms with van der Waals surface area (Å²) in [6.07, 6.45) is 7.53. The average Bonchev–Trinajstić information content (AvgIpc) is 2.48. The second-order valence-corrected chi connectivity index (χ2v) is 6.26. The molecule has 118 valence electrons. The van der Waals surface area contributed by atoms with Gasteiger partial charge >= 0.3 is 0 Å². The van der Waals surface area contributed by atoms with E-state index >= 15 is 0 Å². The molecule has 0 aromatic heterocycles. The van der Waals surface area contributed by atoms with Gasteiger partial charge in [0.2, 0.25) is 0 Å². The molecular formula is C15H32N4S. The van der Waals surface area contributed by atoms with Crippen molar-refractivity contribution in [2.24, 2.45) is 4.99 Å². The van der Waals surface area contributed by atoms with Gasteiger partial charge in [0.25, 0.3) is 0 Å². The van der Waals surface area contributed by atoms with Gasteiger partial charge in [0, 0.05) is 31.4 Å². The summed E-state index contributed by atoms with van der Waals surface area (Å²) in [6.45, 7) is 9.57. The molecule has 1 saturated heterocycles. The molecule has 0 aromatic rings. The first-order chi connectivity index (χ1) is 9.81. The number of likely N-dealkylation sites (tertiary alicyclic amines) is 1. The van der Waals surface area contributed by atoms with Crippen molar-refractivity contribution in [2.75, 3.05) is 44.7 Å². The van der Waals surface area contributed by atoms with Crippen molar-refractivity contribution in [3.8, 4) is 0 Å². The predicted octanol–water partition coefficient (Wildman–Crippen LogP) is 2.17. The zero-order valence-corrected chi connectivity index (χ0v) is 14.3. The highest BCUT2D eigenvalue weighted by molar-refractivity contribution is 7.98. The Morgan fingerprint density at radius 3 is 2.85 bits per heavy atom. The van der Waals surface area contributed by atoms with Gasteiger partial charge in [-0.25, -0.2) is 0 Å². The lowest BCUT2D eigenvalue weighted by Gasteiger charge is -2.34. The molecule has 0 aromatic carbocycles. The van der Waals surface area contributed by atoms with Crippen molar-refractivity contribution in [3.05, 3.63) is 0 Å². The smallest absolute Gasteiger partial charge is 0.191 e. The Bertz CT molecular complexity index is 271. The van der Waals surface area contributed by atoms with Crippen molar-refractivity contribution < 1.29 is 0 Å².